The molecule has 0 spiro atoms. The lowest BCUT2D eigenvalue weighted by Gasteiger charge is -1.94. The van der Waals surface area contributed by atoms with Crippen molar-refractivity contribution in [1.82, 2.24) is 4.98 Å². The Morgan fingerprint density at radius 2 is 2.44 bits per heavy atom. The third-order valence-electron chi connectivity index (χ3n) is 1.00. The average Bonchev–Trinajstić information content (AvgIpc) is 1.89. The van der Waals surface area contributed by atoms with Gasteiger partial charge in [-0.15, -0.1) is 0 Å². The molecule has 0 aliphatic rings. The minimum absolute atomic E-state index is 0.756. The summed E-state index contributed by atoms with van der Waals surface area (Å²) in [6.45, 7) is 0. The summed E-state index contributed by atoms with van der Waals surface area (Å²) >= 11 is 8.02. The third-order valence-corrected chi connectivity index (χ3v) is 2.16. The molecule has 0 aliphatic heterocycles. The number of aromatic nitrogens is 1. The first-order chi connectivity index (χ1) is 4.34. The summed E-state index contributed by atoms with van der Waals surface area (Å²) in [4.78, 5) is 3.86. The highest BCUT2D eigenvalue weighted by Gasteiger charge is 1.93. The highest BCUT2D eigenvalue weighted by molar-refractivity contribution is 14.1. The van der Waals surface area contributed by atoms with Crippen LogP contribution < -0.4 is 0 Å². The van der Waals surface area contributed by atoms with Crippen molar-refractivity contribution in [3.05, 3.63) is 29.0 Å². The molecule has 48 valence electrons. The molecule has 0 N–H and O–H groups in total. The Morgan fingerprint density at radius 3 is 2.89 bits per heavy atom. The zero-order valence-electron chi connectivity index (χ0n) is 4.64. The Morgan fingerprint density at radius 1 is 1.67 bits per heavy atom. The van der Waals surface area contributed by atoms with Crippen LogP contribution in [0.3, 0.4) is 0 Å². The fourth-order valence-electron chi connectivity index (χ4n) is 0.512. The van der Waals surface area contributed by atoms with Gasteiger partial charge in [-0.3, -0.25) is 4.98 Å². The van der Waals surface area contributed by atoms with Crippen LogP contribution in [0, 0.1) is 0 Å². The van der Waals surface area contributed by atoms with Crippen molar-refractivity contribution in [2.24, 2.45) is 0 Å². The molecule has 0 radical (unpaired) electrons. The lowest BCUT2D eigenvalue weighted by atomic mass is 10.3. The topological polar surface area (TPSA) is 12.9 Å². The highest BCUT2D eigenvalue weighted by Crippen LogP contribution is 2.15. The van der Waals surface area contributed by atoms with Gasteiger partial charge in [-0.05, 0) is 11.6 Å². The van der Waals surface area contributed by atoms with Gasteiger partial charge in [0.05, 0.1) is 5.02 Å². The van der Waals surface area contributed by atoms with Crippen molar-refractivity contribution in [3.8, 4) is 0 Å². The van der Waals surface area contributed by atoms with Gasteiger partial charge in [0.2, 0.25) is 0 Å². The molecule has 0 saturated carbocycles. The van der Waals surface area contributed by atoms with Crippen LogP contribution in [0.2, 0.25) is 5.02 Å². The van der Waals surface area contributed by atoms with E-state index < -0.39 is 0 Å². The minimum Gasteiger partial charge on any atom is -0.263 e. The van der Waals surface area contributed by atoms with E-state index in [-0.39, 0.29) is 0 Å². The molecule has 9 heavy (non-hydrogen) atoms. The summed E-state index contributed by atoms with van der Waals surface area (Å²) in [5.74, 6) is 0. The smallest absolute Gasteiger partial charge is 0.0629 e. The Labute approximate surface area is 72.6 Å². The Hall–Kier alpha value is 0.170. The molecule has 1 aromatic heterocycles. The number of alkyl halides is 1. The molecular weight excluding hydrogens is 248 g/mol. The molecule has 1 rings (SSSR count). The van der Waals surface area contributed by atoms with Crippen LogP contribution >= 0.6 is 34.2 Å². The van der Waals surface area contributed by atoms with Crippen LogP contribution in [-0.2, 0) is 4.43 Å². The van der Waals surface area contributed by atoms with E-state index in [1.54, 1.807) is 12.4 Å². The molecule has 1 aromatic rings. The Bertz CT molecular complexity index is 202. The fraction of sp³-hybridized carbons (Fsp3) is 0.167. The van der Waals surface area contributed by atoms with E-state index in [4.69, 9.17) is 11.6 Å². The molecule has 3 heteroatoms. The normalized spacial score (nSPS) is 9.56. The second kappa shape index (κ2) is 3.37. The number of nitrogens with zero attached hydrogens (tertiary/aromatic N) is 1. The maximum absolute atomic E-state index is 5.76. The monoisotopic (exact) mass is 253 g/mol. The van der Waals surface area contributed by atoms with Gasteiger partial charge in [0.1, 0.15) is 0 Å². The molecule has 1 heterocycles. The maximum atomic E-state index is 5.76. The standard InChI is InChI=1S/C6H5ClIN/c7-6-4-9-2-1-5(6)3-8/h1-2,4H,3H2. The molecule has 0 saturated heterocycles. The van der Waals surface area contributed by atoms with Crippen LogP contribution in [0.25, 0.3) is 0 Å². The van der Waals surface area contributed by atoms with Crippen molar-refractivity contribution >= 4 is 34.2 Å². The first-order valence-corrected chi connectivity index (χ1v) is 4.39. The van der Waals surface area contributed by atoms with Crippen molar-refractivity contribution in [2.75, 3.05) is 0 Å². The summed E-state index contributed by atoms with van der Waals surface area (Å²) in [6.07, 6.45) is 3.41. The quantitative estimate of drug-likeness (QED) is 0.554. The molecule has 0 fully saturated rings. The highest BCUT2D eigenvalue weighted by atomic mass is 127. The maximum Gasteiger partial charge on any atom is 0.0629 e. The van der Waals surface area contributed by atoms with E-state index in [0.717, 1.165) is 15.0 Å². The molecule has 0 amide bonds. The van der Waals surface area contributed by atoms with Crippen LogP contribution in [0.5, 0.6) is 0 Å². The largest absolute Gasteiger partial charge is 0.263 e. The second-order valence-corrected chi connectivity index (χ2v) is 2.77. The number of halogens is 2. The molecular formula is C6H5ClIN. The first-order valence-electron chi connectivity index (χ1n) is 2.49. The van der Waals surface area contributed by atoms with E-state index in [1.165, 1.54) is 0 Å². The lowest BCUT2D eigenvalue weighted by Crippen LogP contribution is -1.79. The van der Waals surface area contributed by atoms with E-state index in [2.05, 4.69) is 27.6 Å². The number of pyridine rings is 1. The van der Waals surface area contributed by atoms with Crippen LogP contribution in [0.1, 0.15) is 5.56 Å². The van der Waals surface area contributed by atoms with E-state index in [1.807, 2.05) is 6.07 Å². The predicted octanol–water partition coefficient (Wildman–Crippen LogP) is 2.67. The van der Waals surface area contributed by atoms with Gasteiger partial charge in [0, 0.05) is 16.8 Å². The van der Waals surface area contributed by atoms with Gasteiger partial charge >= 0.3 is 0 Å². The molecule has 0 bridgehead atoms. The summed E-state index contributed by atoms with van der Waals surface area (Å²) in [7, 11) is 0. The van der Waals surface area contributed by atoms with Gasteiger partial charge in [-0.2, -0.15) is 0 Å². The van der Waals surface area contributed by atoms with Crippen molar-refractivity contribution < 1.29 is 0 Å². The number of hydrogen-bond acceptors (Lipinski definition) is 1. The first kappa shape index (κ1) is 7.28. The van der Waals surface area contributed by atoms with Gasteiger partial charge in [-0.25, -0.2) is 0 Å². The lowest BCUT2D eigenvalue weighted by molar-refractivity contribution is 1.28. The number of rotatable bonds is 1. The average molecular weight is 253 g/mol. The zero-order chi connectivity index (χ0) is 6.69. The van der Waals surface area contributed by atoms with E-state index in [9.17, 15) is 0 Å². The summed E-state index contributed by atoms with van der Waals surface area (Å²) in [5.41, 5.74) is 1.15. The van der Waals surface area contributed by atoms with Crippen LogP contribution in [0.15, 0.2) is 18.5 Å². The summed E-state index contributed by atoms with van der Waals surface area (Å²) in [6, 6.07) is 1.93. The summed E-state index contributed by atoms with van der Waals surface area (Å²) < 4.78 is 0.944. The van der Waals surface area contributed by atoms with Gasteiger partial charge < -0.3 is 0 Å². The van der Waals surface area contributed by atoms with Crippen molar-refractivity contribution in [1.29, 1.82) is 0 Å². The SMILES string of the molecule is Clc1cnccc1CI. The molecule has 1 nitrogen and oxygen atoms in total. The third kappa shape index (κ3) is 1.79. The second-order valence-electron chi connectivity index (χ2n) is 1.60. The summed E-state index contributed by atoms with van der Waals surface area (Å²) in [5, 5.41) is 0.756. The fourth-order valence-corrected chi connectivity index (χ4v) is 1.59. The molecule has 0 atom stereocenters. The van der Waals surface area contributed by atoms with E-state index >= 15 is 0 Å². The zero-order valence-corrected chi connectivity index (χ0v) is 7.56. The predicted molar refractivity (Wildman–Crippen MR) is 47.0 cm³/mol. The minimum atomic E-state index is 0.756. The van der Waals surface area contributed by atoms with Gasteiger partial charge in [0.15, 0.2) is 0 Å². The van der Waals surface area contributed by atoms with Gasteiger partial charge in [-0.1, -0.05) is 34.2 Å². The molecule has 0 aliphatic carbocycles. The van der Waals surface area contributed by atoms with Crippen LogP contribution in [0.4, 0.5) is 0 Å². The van der Waals surface area contributed by atoms with Gasteiger partial charge in [0.25, 0.3) is 0 Å². The van der Waals surface area contributed by atoms with Crippen molar-refractivity contribution in [3.63, 3.8) is 0 Å². The van der Waals surface area contributed by atoms with Crippen LogP contribution in [-0.4, -0.2) is 4.98 Å². The molecule has 0 aromatic carbocycles. The Balaban J connectivity index is 3.01. The van der Waals surface area contributed by atoms with Crippen molar-refractivity contribution in [2.45, 2.75) is 4.43 Å². The Kier molecular flexibility index (Phi) is 2.72. The van der Waals surface area contributed by atoms with E-state index in [0.29, 0.717) is 0 Å². The molecule has 0 unspecified atom stereocenters. The number of hydrogen-bond donors (Lipinski definition) is 0.